The van der Waals surface area contributed by atoms with Crippen molar-refractivity contribution in [1.29, 1.82) is 0 Å². The summed E-state index contributed by atoms with van der Waals surface area (Å²) in [7, 11) is 1.98. The number of rotatable bonds is 14. The van der Waals surface area contributed by atoms with E-state index >= 15 is 0 Å². The minimum atomic E-state index is -0.651. The van der Waals surface area contributed by atoms with Gasteiger partial charge in [-0.25, -0.2) is 5.48 Å². The molecule has 0 radical (unpaired) electrons. The number of benzene rings is 3. The van der Waals surface area contributed by atoms with Crippen molar-refractivity contribution in [2.45, 2.75) is 76.3 Å². The van der Waals surface area contributed by atoms with Gasteiger partial charge in [0.25, 0.3) is 0 Å². The zero-order chi connectivity index (χ0) is 31.5. The lowest BCUT2D eigenvalue weighted by Crippen LogP contribution is -2.43. The van der Waals surface area contributed by atoms with Gasteiger partial charge < -0.3 is 25.0 Å². The Hall–Kier alpha value is -3.64. The van der Waals surface area contributed by atoms with Crippen LogP contribution in [0.15, 0.2) is 78.9 Å². The van der Waals surface area contributed by atoms with E-state index in [0.29, 0.717) is 31.5 Å². The third-order valence-electron chi connectivity index (χ3n) is 8.05. The quantitative estimate of drug-likeness (QED) is 0.100. The minimum Gasteiger partial charge on any atom is -0.392 e. The summed E-state index contributed by atoms with van der Waals surface area (Å²) >= 11 is 0. The fourth-order valence-corrected chi connectivity index (χ4v) is 5.26. The van der Waals surface area contributed by atoms with Gasteiger partial charge in [-0.1, -0.05) is 66.7 Å². The van der Waals surface area contributed by atoms with Gasteiger partial charge in [-0.3, -0.25) is 19.7 Å². The number of amides is 2. The fraction of sp³-hybridized carbons (Fsp3) is 0.412. The molecule has 10 heteroatoms. The Morgan fingerprint density at radius 2 is 1.55 bits per heavy atom. The van der Waals surface area contributed by atoms with E-state index < -0.39 is 18.3 Å². The number of hydrogen-bond acceptors (Lipinski definition) is 8. The summed E-state index contributed by atoms with van der Waals surface area (Å²) in [6.45, 7) is 2.54. The summed E-state index contributed by atoms with van der Waals surface area (Å²) in [6, 6.07) is 24.5. The normalized spacial score (nSPS) is 19.7. The van der Waals surface area contributed by atoms with E-state index in [2.05, 4.69) is 10.2 Å². The molecule has 1 fully saturated rings. The number of carbonyl (C=O) groups excluding carboxylic acids is 2. The second-order valence-corrected chi connectivity index (χ2v) is 11.3. The van der Waals surface area contributed by atoms with E-state index in [1.54, 1.807) is 17.6 Å². The van der Waals surface area contributed by atoms with Gasteiger partial charge in [-0.05, 0) is 55.6 Å². The molecule has 1 aliphatic rings. The second-order valence-electron chi connectivity index (χ2n) is 11.3. The highest BCUT2D eigenvalue weighted by Gasteiger charge is 2.34. The van der Waals surface area contributed by atoms with Crippen LogP contribution in [0, 0.1) is 0 Å². The SMILES string of the molecule is C[C@H]([C@@H](O)c1ccccc1)N(C)C[C@H]1C[C@@H](c2ccc(CO)cc2)O[C@@H](c2ccc(NC(=O)CCCCC(=O)NO)cc2)O1. The zero-order valence-electron chi connectivity index (χ0n) is 25.3. The van der Waals surface area contributed by atoms with Gasteiger partial charge >= 0.3 is 0 Å². The van der Waals surface area contributed by atoms with Crippen LogP contribution in [0.25, 0.3) is 0 Å². The predicted molar refractivity (Wildman–Crippen MR) is 165 cm³/mol. The van der Waals surface area contributed by atoms with Gasteiger partial charge in [-0.15, -0.1) is 0 Å². The highest BCUT2D eigenvalue weighted by molar-refractivity contribution is 5.90. The molecule has 0 spiro atoms. The molecule has 3 aromatic carbocycles. The van der Waals surface area contributed by atoms with E-state index in [1.807, 2.05) is 80.7 Å². The topological polar surface area (TPSA) is 141 Å². The first-order chi connectivity index (χ1) is 21.3. The van der Waals surface area contributed by atoms with Gasteiger partial charge in [-0.2, -0.15) is 0 Å². The van der Waals surface area contributed by atoms with Crippen molar-refractivity contribution in [1.82, 2.24) is 10.4 Å². The molecule has 0 saturated carbocycles. The maximum Gasteiger partial charge on any atom is 0.243 e. The largest absolute Gasteiger partial charge is 0.392 e. The van der Waals surface area contributed by atoms with Gasteiger partial charge in [0, 0.05) is 43.1 Å². The number of hydrogen-bond donors (Lipinski definition) is 5. The maximum absolute atomic E-state index is 12.3. The molecule has 10 nitrogen and oxygen atoms in total. The molecule has 5 atom stereocenters. The minimum absolute atomic E-state index is 0.0314. The fourth-order valence-electron chi connectivity index (χ4n) is 5.26. The smallest absolute Gasteiger partial charge is 0.243 e. The summed E-state index contributed by atoms with van der Waals surface area (Å²) in [5.74, 6) is -0.626. The van der Waals surface area contributed by atoms with E-state index in [9.17, 15) is 19.8 Å². The zero-order valence-corrected chi connectivity index (χ0v) is 25.3. The maximum atomic E-state index is 12.3. The van der Waals surface area contributed by atoms with Crippen molar-refractivity contribution < 1.29 is 34.5 Å². The summed E-state index contributed by atoms with van der Waals surface area (Å²) in [6.07, 6.45) is 0.317. The third kappa shape index (κ3) is 9.43. The summed E-state index contributed by atoms with van der Waals surface area (Å²) in [5, 5.41) is 31.9. The van der Waals surface area contributed by atoms with Crippen LogP contribution in [-0.2, 0) is 25.7 Å². The molecule has 0 aromatic heterocycles. The molecule has 4 rings (SSSR count). The first-order valence-electron chi connectivity index (χ1n) is 15.0. The second kappa shape index (κ2) is 16.4. The molecule has 44 heavy (non-hydrogen) atoms. The first kappa shape index (κ1) is 33.3. The van der Waals surface area contributed by atoms with Crippen molar-refractivity contribution in [2.24, 2.45) is 0 Å². The van der Waals surface area contributed by atoms with E-state index in [0.717, 1.165) is 22.3 Å². The number of anilines is 1. The predicted octanol–water partition coefficient (Wildman–Crippen LogP) is 4.78. The van der Waals surface area contributed by atoms with Gasteiger partial charge in [0.1, 0.15) is 0 Å². The third-order valence-corrected chi connectivity index (χ3v) is 8.05. The molecule has 0 aliphatic carbocycles. The number of nitrogens with zero attached hydrogens (tertiary/aromatic N) is 1. The lowest BCUT2D eigenvalue weighted by Gasteiger charge is -2.39. The molecule has 0 unspecified atom stereocenters. The summed E-state index contributed by atoms with van der Waals surface area (Å²) < 4.78 is 12.9. The monoisotopic (exact) mass is 605 g/mol. The first-order valence-corrected chi connectivity index (χ1v) is 15.0. The highest BCUT2D eigenvalue weighted by atomic mass is 16.7. The summed E-state index contributed by atoms with van der Waals surface area (Å²) in [4.78, 5) is 25.6. The van der Waals surface area contributed by atoms with Crippen LogP contribution in [0.2, 0.25) is 0 Å². The lowest BCUT2D eigenvalue weighted by atomic mass is 9.98. The Morgan fingerprint density at radius 3 is 2.18 bits per heavy atom. The number of nitrogens with one attached hydrogen (secondary N) is 2. The number of hydroxylamine groups is 1. The molecule has 2 amide bonds. The Labute approximate surface area is 258 Å². The number of carbonyl (C=O) groups is 2. The Morgan fingerprint density at radius 1 is 0.909 bits per heavy atom. The molecule has 236 valence electrons. The molecular formula is C34H43N3O7. The Kier molecular flexibility index (Phi) is 12.4. The van der Waals surface area contributed by atoms with Crippen LogP contribution in [0.1, 0.15) is 79.8 Å². The Bertz CT molecular complexity index is 1320. The molecule has 3 aromatic rings. The van der Waals surface area contributed by atoms with Crippen molar-refractivity contribution in [3.05, 3.63) is 101 Å². The number of likely N-dealkylation sites (N-methyl/N-ethyl adjacent to an activating group) is 1. The van der Waals surface area contributed by atoms with Crippen LogP contribution < -0.4 is 10.8 Å². The van der Waals surface area contributed by atoms with Gasteiger partial charge in [0.2, 0.25) is 11.8 Å². The average molecular weight is 606 g/mol. The van der Waals surface area contributed by atoms with Crippen molar-refractivity contribution in [2.75, 3.05) is 18.9 Å². The molecule has 1 aliphatic heterocycles. The Balaban J connectivity index is 1.42. The molecule has 5 N–H and O–H groups in total. The van der Waals surface area contributed by atoms with Crippen LogP contribution in [0.4, 0.5) is 5.69 Å². The number of aliphatic hydroxyl groups is 2. The number of aliphatic hydroxyl groups excluding tert-OH is 2. The number of ether oxygens (including phenoxy) is 2. The molecule has 1 heterocycles. The highest BCUT2D eigenvalue weighted by Crippen LogP contribution is 2.38. The standard InChI is InChI=1S/C34H43N3O7/c1-23(33(41)26-8-4-3-5-9-26)37(2)21-29-20-30(25-14-12-24(22-38)13-15-25)44-34(43-29)27-16-18-28(19-17-27)35-31(39)10-6-7-11-32(40)36-42/h3-5,8-9,12-19,23,29-30,33-34,38,41-42H,6-7,10-11,20-22H2,1-2H3,(H,35,39)(H,36,40)/t23-,29-,30+,33-,34+/m1/s1. The molecule has 0 bridgehead atoms. The van der Waals surface area contributed by atoms with Gasteiger partial charge in [0.15, 0.2) is 6.29 Å². The molecule has 1 saturated heterocycles. The van der Waals surface area contributed by atoms with Gasteiger partial charge in [0.05, 0.1) is 24.9 Å². The van der Waals surface area contributed by atoms with E-state index in [1.165, 1.54) is 0 Å². The number of unbranched alkanes of at least 4 members (excludes halogenated alkanes) is 1. The average Bonchev–Trinajstić information content (AvgIpc) is 3.06. The van der Waals surface area contributed by atoms with Crippen molar-refractivity contribution in [3.63, 3.8) is 0 Å². The molecular weight excluding hydrogens is 562 g/mol. The van der Waals surface area contributed by atoms with Crippen LogP contribution in [0.5, 0.6) is 0 Å². The summed E-state index contributed by atoms with van der Waals surface area (Å²) in [5.41, 5.74) is 5.70. The van der Waals surface area contributed by atoms with Crippen LogP contribution in [-0.4, -0.2) is 57.9 Å². The lowest BCUT2D eigenvalue weighted by molar-refractivity contribution is -0.253. The van der Waals surface area contributed by atoms with Crippen LogP contribution in [0.3, 0.4) is 0 Å². The van der Waals surface area contributed by atoms with E-state index in [4.69, 9.17) is 14.7 Å². The van der Waals surface area contributed by atoms with Crippen molar-refractivity contribution in [3.8, 4) is 0 Å². The van der Waals surface area contributed by atoms with E-state index in [-0.39, 0.29) is 43.6 Å². The van der Waals surface area contributed by atoms with Crippen LogP contribution >= 0.6 is 0 Å². The van der Waals surface area contributed by atoms with Crippen molar-refractivity contribution >= 4 is 17.5 Å².